The topological polar surface area (TPSA) is 85.1 Å². The number of nitrogens with one attached hydrogen (secondary N) is 2. The number of ether oxygens (including phenoxy) is 1. The number of nitrogen functional groups attached to an aromatic ring is 1. The predicted octanol–water partition coefficient (Wildman–Crippen LogP) is 1.05. The Bertz CT molecular complexity index is 411. The van der Waals surface area contributed by atoms with Gasteiger partial charge in [-0.1, -0.05) is 0 Å². The average Bonchev–Trinajstić information content (AvgIpc) is 2.62. The normalized spacial score (nSPS) is 28.1. The molecular formula is C11H19N5O. The molecule has 0 radical (unpaired) electrons. The first-order valence-corrected chi connectivity index (χ1v) is 5.75. The lowest BCUT2D eigenvalue weighted by Crippen LogP contribution is -2.41. The second-order valence-corrected chi connectivity index (χ2v) is 4.68. The summed E-state index contributed by atoms with van der Waals surface area (Å²) in [6.07, 6.45) is 2.86. The van der Waals surface area contributed by atoms with E-state index in [4.69, 9.17) is 10.6 Å². The molecule has 1 fully saturated rings. The summed E-state index contributed by atoms with van der Waals surface area (Å²) in [7, 11) is 0. The van der Waals surface area contributed by atoms with E-state index < -0.39 is 0 Å². The van der Waals surface area contributed by atoms with E-state index in [2.05, 4.69) is 34.6 Å². The monoisotopic (exact) mass is 237 g/mol. The third kappa shape index (κ3) is 2.32. The maximum absolute atomic E-state index is 5.59. The highest BCUT2D eigenvalue weighted by atomic mass is 16.5. The first kappa shape index (κ1) is 12.1. The highest BCUT2D eigenvalue weighted by Gasteiger charge is 2.37. The Morgan fingerprint density at radius 2 is 2.35 bits per heavy atom. The molecule has 6 nitrogen and oxygen atoms in total. The van der Waals surface area contributed by atoms with Crippen LogP contribution in [0.25, 0.3) is 0 Å². The first-order valence-electron chi connectivity index (χ1n) is 5.75. The van der Waals surface area contributed by atoms with Crippen LogP contribution in [-0.2, 0) is 4.74 Å². The number of nitrogens with two attached hydrogens (primary N) is 1. The molecule has 0 aromatic carbocycles. The van der Waals surface area contributed by atoms with Crippen LogP contribution in [0, 0.1) is 6.92 Å². The number of nitrogens with zero attached hydrogens (tertiary/aromatic N) is 2. The molecule has 2 atom stereocenters. The van der Waals surface area contributed by atoms with Crippen LogP contribution in [0.1, 0.15) is 25.8 Å². The second-order valence-electron chi connectivity index (χ2n) is 4.68. The van der Waals surface area contributed by atoms with E-state index in [0.29, 0.717) is 5.95 Å². The molecule has 1 aliphatic heterocycles. The highest BCUT2D eigenvalue weighted by molar-refractivity contribution is 5.48. The van der Waals surface area contributed by atoms with Gasteiger partial charge in [-0.3, -0.25) is 5.43 Å². The van der Waals surface area contributed by atoms with Crippen molar-refractivity contribution >= 4 is 11.8 Å². The summed E-state index contributed by atoms with van der Waals surface area (Å²) >= 11 is 0. The molecule has 2 heterocycles. The zero-order chi connectivity index (χ0) is 12.5. The van der Waals surface area contributed by atoms with Crippen molar-refractivity contribution in [1.82, 2.24) is 9.97 Å². The summed E-state index contributed by atoms with van der Waals surface area (Å²) in [4.78, 5) is 8.38. The Balaban J connectivity index is 2.23. The second kappa shape index (κ2) is 4.46. The zero-order valence-corrected chi connectivity index (χ0v) is 10.4. The molecule has 0 bridgehead atoms. The van der Waals surface area contributed by atoms with E-state index >= 15 is 0 Å². The van der Waals surface area contributed by atoms with Crippen molar-refractivity contribution in [3.63, 3.8) is 0 Å². The van der Waals surface area contributed by atoms with E-state index in [1.165, 1.54) is 0 Å². The van der Waals surface area contributed by atoms with Crippen molar-refractivity contribution in [1.29, 1.82) is 0 Å². The van der Waals surface area contributed by atoms with Gasteiger partial charge in [0.1, 0.15) is 5.82 Å². The maximum Gasteiger partial charge on any atom is 0.239 e. The Hall–Kier alpha value is -1.40. The van der Waals surface area contributed by atoms with E-state index in [-0.39, 0.29) is 11.6 Å². The number of aryl methyl sites for hydroxylation is 1. The third-order valence-corrected chi connectivity index (χ3v) is 3.39. The van der Waals surface area contributed by atoms with Crippen molar-refractivity contribution < 1.29 is 4.74 Å². The lowest BCUT2D eigenvalue weighted by atomic mass is 9.94. The summed E-state index contributed by atoms with van der Waals surface area (Å²) in [6.45, 7) is 6.95. The standard InChI is InChI=1S/C11H19N5O/c1-7-6-13-10(16-12)14-9(7)15-11(3)4-5-17-8(11)2/h6,8H,4-5,12H2,1-3H3,(H2,13,14,15,16). The van der Waals surface area contributed by atoms with E-state index in [9.17, 15) is 0 Å². The highest BCUT2D eigenvalue weighted by Crippen LogP contribution is 2.29. The van der Waals surface area contributed by atoms with Crippen LogP contribution in [0.5, 0.6) is 0 Å². The van der Waals surface area contributed by atoms with Crippen molar-refractivity contribution in [3.8, 4) is 0 Å². The van der Waals surface area contributed by atoms with Gasteiger partial charge in [-0.05, 0) is 27.2 Å². The average molecular weight is 237 g/mol. The zero-order valence-electron chi connectivity index (χ0n) is 10.4. The minimum Gasteiger partial charge on any atom is -0.376 e. The number of anilines is 2. The largest absolute Gasteiger partial charge is 0.376 e. The van der Waals surface area contributed by atoms with Gasteiger partial charge in [0, 0.05) is 18.4 Å². The Kier molecular flexibility index (Phi) is 3.17. The SMILES string of the molecule is Cc1cnc(NN)nc1NC1(C)CCOC1C. The molecule has 4 N–H and O–H groups in total. The Morgan fingerprint density at radius 1 is 1.59 bits per heavy atom. The smallest absolute Gasteiger partial charge is 0.239 e. The van der Waals surface area contributed by atoms with Gasteiger partial charge < -0.3 is 10.1 Å². The van der Waals surface area contributed by atoms with Crippen LogP contribution < -0.4 is 16.6 Å². The third-order valence-electron chi connectivity index (χ3n) is 3.39. The number of rotatable bonds is 3. The van der Waals surface area contributed by atoms with Crippen molar-refractivity contribution in [3.05, 3.63) is 11.8 Å². The Morgan fingerprint density at radius 3 is 2.94 bits per heavy atom. The summed E-state index contributed by atoms with van der Waals surface area (Å²) in [5.41, 5.74) is 3.35. The molecule has 94 valence electrons. The van der Waals surface area contributed by atoms with Crippen LogP contribution in [-0.4, -0.2) is 28.2 Å². The molecule has 1 aromatic rings. The van der Waals surface area contributed by atoms with Gasteiger partial charge >= 0.3 is 0 Å². The summed E-state index contributed by atoms with van der Waals surface area (Å²) in [5.74, 6) is 6.52. The van der Waals surface area contributed by atoms with Crippen molar-refractivity contribution in [2.45, 2.75) is 38.8 Å². The van der Waals surface area contributed by atoms with Crippen LogP contribution in [0.2, 0.25) is 0 Å². The summed E-state index contributed by atoms with van der Waals surface area (Å²) < 4.78 is 5.59. The molecule has 6 heteroatoms. The van der Waals surface area contributed by atoms with Gasteiger partial charge in [-0.15, -0.1) is 0 Å². The van der Waals surface area contributed by atoms with Crippen LogP contribution in [0.3, 0.4) is 0 Å². The number of hydrogen-bond donors (Lipinski definition) is 3. The maximum atomic E-state index is 5.59. The van der Waals surface area contributed by atoms with Crippen molar-refractivity contribution in [2.24, 2.45) is 5.84 Å². The fourth-order valence-corrected chi connectivity index (χ4v) is 1.91. The van der Waals surface area contributed by atoms with Crippen LogP contribution in [0.4, 0.5) is 11.8 Å². The molecule has 2 rings (SSSR count). The molecule has 0 amide bonds. The van der Waals surface area contributed by atoms with E-state index in [0.717, 1.165) is 24.4 Å². The molecule has 0 spiro atoms. The Labute approximate surface area is 101 Å². The number of aromatic nitrogens is 2. The summed E-state index contributed by atoms with van der Waals surface area (Å²) in [5, 5.41) is 3.44. The van der Waals surface area contributed by atoms with Crippen LogP contribution in [0.15, 0.2) is 6.20 Å². The molecular weight excluding hydrogens is 218 g/mol. The molecule has 1 saturated heterocycles. The fourth-order valence-electron chi connectivity index (χ4n) is 1.91. The van der Waals surface area contributed by atoms with Gasteiger partial charge in [-0.25, -0.2) is 10.8 Å². The van der Waals surface area contributed by atoms with E-state index in [1.54, 1.807) is 6.20 Å². The van der Waals surface area contributed by atoms with Gasteiger partial charge in [-0.2, -0.15) is 4.98 Å². The van der Waals surface area contributed by atoms with Crippen LogP contribution >= 0.6 is 0 Å². The van der Waals surface area contributed by atoms with Gasteiger partial charge in [0.05, 0.1) is 11.6 Å². The number of hydrazine groups is 1. The lowest BCUT2D eigenvalue weighted by Gasteiger charge is -2.30. The predicted molar refractivity (Wildman–Crippen MR) is 66.6 cm³/mol. The molecule has 1 aromatic heterocycles. The molecule has 1 aliphatic rings. The fraction of sp³-hybridized carbons (Fsp3) is 0.636. The molecule has 17 heavy (non-hydrogen) atoms. The quantitative estimate of drug-likeness (QED) is 0.538. The molecule has 2 unspecified atom stereocenters. The van der Waals surface area contributed by atoms with Gasteiger partial charge in [0.15, 0.2) is 0 Å². The minimum atomic E-state index is -0.0923. The van der Waals surface area contributed by atoms with Crippen molar-refractivity contribution in [2.75, 3.05) is 17.3 Å². The molecule has 0 aliphatic carbocycles. The lowest BCUT2D eigenvalue weighted by molar-refractivity contribution is 0.105. The summed E-state index contributed by atoms with van der Waals surface area (Å²) in [6, 6.07) is 0. The van der Waals surface area contributed by atoms with E-state index in [1.807, 2.05) is 6.92 Å². The minimum absolute atomic E-state index is 0.0923. The van der Waals surface area contributed by atoms with Gasteiger partial charge in [0.25, 0.3) is 0 Å². The van der Waals surface area contributed by atoms with Gasteiger partial charge in [0.2, 0.25) is 5.95 Å². The first-order chi connectivity index (χ1) is 8.05. The number of hydrogen-bond acceptors (Lipinski definition) is 6. The molecule has 0 saturated carbocycles.